The van der Waals surface area contributed by atoms with Gasteiger partial charge in [0.2, 0.25) is 10.0 Å². The van der Waals surface area contributed by atoms with Gasteiger partial charge < -0.3 is 10.1 Å². The van der Waals surface area contributed by atoms with Gasteiger partial charge in [0.15, 0.2) is 6.61 Å². The summed E-state index contributed by atoms with van der Waals surface area (Å²) in [5, 5.41) is 7.83. The predicted molar refractivity (Wildman–Crippen MR) is 127 cm³/mol. The number of carbonyl (C=O) groups excluding carboxylic acids is 2. The van der Waals surface area contributed by atoms with E-state index in [0.717, 1.165) is 18.4 Å². The zero-order valence-corrected chi connectivity index (χ0v) is 20.4. The quantitative estimate of drug-likeness (QED) is 0.555. The Morgan fingerprint density at radius 2 is 1.72 bits per heavy atom. The molecule has 1 heterocycles. The van der Waals surface area contributed by atoms with E-state index in [9.17, 15) is 18.0 Å². The van der Waals surface area contributed by atoms with Crippen LogP contribution >= 0.6 is 23.5 Å². The summed E-state index contributed by atoms with van der Waals surface area (Å²) in [5.41, 5.74) is 0.875. The Morgan fingerprint density at radius 3 is 2.31 bits per heavy atom. The number of thioether (sulfide) groups is 2. The van der Waals surface area contributed by atoms with Crippen LogP contribution in [-0.4, -0.2) is 49.0 Å². The number of carbonyl (C=O) groups is 2. The molecular formula is C22H30N2O5S3. The zero-order chi connectivity index (χ0) is 22.8. The van der Waals surface area contributed by atoms with E-state index < -0.39 is 10.0 Å². The molecule has 1 saturated heterocycles. The highest BCUT2D eigenvalue weighted by Crippen LogP contribution is 2.64. The summed E-state index contributed by atoms with van der Waals surface area (Å²) in [5.74, 6) is 2.90. The second-order valence-electron chi connectivity index (χ2n) is 8.81. The van der Waals surface area contributed by atoms with Gasteiger partial charge in [-0.1, -0.05) is 18.6 Å². The van der Waals surface area contributed by atoms with Crippen LogP contribution in [-0.2, 0) is 30.8 Å². The van der Waals surface area contributed by atoms with Crippen LogP contribution < -0.4 is 10.5 Å². The molecule has 2 bridgehead atoms. The fourth-order valence-corrected chi connectivity index (χ4v) is 9.75. The minimum absolute atomic E-state index is 0.0556. The Balaban J connectivity index is 1.20. The van der Waals surface area contributed by atoms with E-state index in [0.29, 0.717) is 28.9 Å². The maximum Gasteiger partial charge on any atom is 0.309 e. The van der Waals surface area contributed by atoms with Crippen molar-refractivity contribution in [1.82, 2.24) is 5.32 Å². The highest BCUT2D eigenvalue weighted by atomic mass is 32.2. The van der Waals surface area contributed by atoms with Crippen molar-refractivity contribution in [1.29, 1.82) is 0 Å². The van der Waals surface area contributed by atoms with Crippen LogP contribution in [0.25, 0.3) is 0 Å². The summed E-state index contributed by atoms with van der Waals surface area (Å²) in [6.45, 7) is 0.110. The molecule has 3 N–H and O–H groups in total. The fraction of sp³-hybridized carbons (Fsp3) is 0.636. The first-order chi connectivity index (χ1) is 15.3. The number of rotatable bonds is 7. The Bertz CT molecular complexity index is 929. The smallest absolute Gasteiger partial charge is 0.309 e. The molecule has 3 aliphatic rings. The van der Waals surface area contributed by atoms with E-state index in [1.54, 1.807) is 12.1 Å². The third-order valence-corrected chi connectivity index (χ3v) is 11.7. The molecule has 10 heteroatoms. The number of primary sulfonamides is 1. The summed E-state index contributed by atoms with van der Waals surface area (Å²) < 4.78 is 28.3. The van der Waals surface area contributed by atoms with E-state index in [4.69, 9.17) is 9.88 Å². The Hall–Kier alpha value is -1.23. The third kappa shape index (κ3) is 5.29. The number of hydrogen-bond donors (Lipinski definition) is 2. The number of sulfonamides is 1. The van der Waals surface area contributed by atoms with Gasteiger partial charge in [0, 0.05) is 18.1 Å². The summed E-state index contributed by atoms with van der Waals surface area (Å²) in [7, 11) is -3.71. The monoisotopic (exact) mass is 498 g/mol. The molecule has 1 aromatic rings. The number of hydrogen-bond acceptors (Lipinski definition) is 7. The van der Waals surface area contributed by atoms with E-state index >= 15 is 0 Å². The first kappa shape index (κ1) is 23.9. The molecule has 3 fully saturated rings. The topological polar surface area (TPSA) is 116 Å². The number of nitrogens with one attached hydrogen (secondary N) is 1. The Morgan fingerprint density at radius 1 is 1.09 bits per heavy atom. The fourth-order valence-electron chi connectivity index (χ4n) is 5.30. The lowest BCUT2D eigenvalue weighted by Gasteiger charge is -2.51. The van der Waals surface area contributed by atoms with Gasteiger partial charge in [0.05, 0.1) is 14.9 Å². The van der Waals surface area contributed by atoms with Crippen LogP contribution in [0.1, 0.15) is 37.7 Å². The lowest BCUT2D eigenvalue weighted by atomic mass is 9.67. The van der Waals surface area contributed by atoms with E-state index in [1.165, 1.54) is 42.9 Å². The predicted octanol–water partition coefficient (Wildman–Crippen LogP) is 2.54. The summed E-state index contributed by atoms with van der Waals surface area (Å²) in [6, 6.07) is 6.22. The van der Waals surface area contributed by atoms with Crippen molar-refractivity contribution in [3.63, 3.8) is 0 Å². The average Bonchev–Trinajstić information content (AvgIpc) is 3.21. The first-order valence-corrected chi connectivity index (χ1v) is 14.6. The third-order valence-electron chi connectivity index (χ3n) is 6.79. The van der Waals surface area contributed by atoms with Crippen molar-refractivity contribution in [2.75, 3.05) is 24.7 Å². The average molecular weight is 499 g/mol. The minimum atomic E-state index is -3.71. The summed E-state index contributed by atoms with van der Waals surface area (Å²) >= 11 is 4.22. The van der Waals surface area contributed by atoms with Gasteiger partial charge in [-0.2, -0.15) is 0 Å². The highest BCUT2D eigenvalue weighted by molar-refractivity contribution is 8.21. The molecule has 2 saturated carbocycles. The Labute approximate surface area is 198 Å². The second-order valence-corrected chi connectivity index (χ2v) is 13.4. The van der Waals surface area contributed by atoms with Crippen molar-refractivity contribution in [2.24, 2.45) is 22.9 Å². The lowest BCUT2D eigenvalue weighted by Crippen LogP contribution is -2.48. The second kappa shape index (κ2) is 9.95. The molecule has 7 nitrogen and oxygen atoms in total. The van der Waals surface area contributed by atoms with Crippen molar-refractivity contribution in [2.45, 2.75) is 47.5 Å². The van der Waals surface area contributed by atoms with E-state index in [2.05, 4.69) is 28.8 Å². The first-order valence-electron chi connectivity index (χ1n) is 11.1. The maximum atomic E-state index is 12.7. The number of nitrogens with two attached hydrogens (primary N) is 1. The van der Waals surface area contributed by atoms with Crippen molar-refractivity contribution < 1.29 is 22.7 Å². The molecular weight excluding hydrogens is 468 g/mol. The molecule has 1 unspecified atom stereocenters. The zero-order valence-electron chi connectivity index (χ0n) is 18.0. The van der Waals surface area contributed by atoms with Gasteiger partial charge >= 0.3 is 5.97 Å². The molecule has 0 aromatic heterocycles. The normalized spacial score (nSPS) is 26.6. The standard InChI is InChI=1S/C22H30N2O5S3/c23-32(27,28)19-6-4-15(5-7-19)8-9-24-20(25)14-29-21(26)16-12-17-2-1-3-18(13-16)22(17)30-10-11-31-22/h4-7,16-18H,1-3,8-14H2,(H,24,25)(H2,23,27,28)/t16?,17-,18+. The molecule has 1 aromatic carbocycles. The van der Waals surface area contributed by atoms with Gasteiger partial charge in [0.1, 0.15) is 0 Å². The Kier molecular flexibility index (Phi) is 7.43. The van der Waals surface area contributed by atoms with E-state index in [-0.39, 0.29) is 29.3 Å². The van der Waals surface area contributed by atoms with Crippen LogP contribution in [0.2, 0.25) is 0 Å². The van der Waals surface area contributed by atoms with Crippen LogP contribution in [0, 0.1) is 17.8 Å². The number of esters is 1. The molecule has 32 heavy (non-hydrogen) atoms. The van der Waals surface area contributed by atoms with Crippen LogP contribution in [0.15, 0.2) is 29.2 Å². The number of benzene rings is 1. The van der Waals surface area contributed by atoms with Crippen molar-refractivity contribution in [3.8, 4) is 0 Å². The molecule has 3 atom stereocenters. The van der Waals surface area contributed by atoms with Gasteiger partial charge in [-0.25, -0.2) is 13.6 Å². The summed E-state index contributed by atoms with van der Waals surface area (Å²) in [4.78, 5) is 24.8. The largest absolute Gasteiger partial charge is 0.455 e. The van der Waals surface area contributed by atoms with Gasteiger partial charge in [-0.05, 0) is 61.6 Å². The van der Waals surface area contributed by atoms with Gasteiger partial charge in [-0.15, -0.1) is 23.5 Å². The lowest BCUT2D eigenvalue weighted by molar-refractivity contribution is -0.155. The molecule has 176 valence electrons. The van der Waals surface area contributed by atoms with Crippen LogP contribution in [0.3, 0.4) is 0 Å². The van der Waals surface area contributed by atoms with Crippen LogP contribution in [0.5, 0.6) is 0 Å². The molecule has 4 rings (SSSR count). The van der Waals surface area contributed by atoms with E-state index in [1.807, 2.05) is 0 Å². The maximum absolute atomic E-state index is 12.7. The molecule has 1 amide bonds. The SMILES string of the molecule is NS(=O)(=O)c1ccc(CCNC(=O)COC(=O)C2C[C@H]3CCC[C@@H](C2)C32SCCS2)cc1. The number of ether oxygens (including phenoxy) is 1. The van der Waals surface area contributed by atoms with Gasteiger partial charge in [0.25, 0.3) is 5.91 Å². The summed E-state index contributed by atoms with van der Waals surface area (Å²) in [6.07, 6.45) is 5.94. The minimum Gasteiger partial charge on any atom is -0.455 e. The molecule has 2 aliphatic carbocycles. The molecule has 1 aliphatic heterocycles. The molecule has 1 spiro atoms. The van der Waals surface area contributed by atoms with Gasteiger partial charge in [-0.3, -0.25) is 9.59 Å². The van der Waals surface area contributed by atoms with Crippen LogP contribution in [0.4, 0.5) is 0 Å². The number of amides is 1. The van der Waals surface area contributed by atoms with Crippen molar-refractivity contribution >= 4 is 45.4 Å². The molecule has 0 radical (unpaired) electrons. The highest BCUT2D eigenvalue weighted by Gasteiger charge is 2.55. The van der Waals surface area contributed by atoms with Crippen molar-refractivity contribution in [3.05, 3.63) is 29.8 Å².